The Morgan fingerprint density at radius 1 is 0.971 bits per heavy atom. The van der Waals surface area contributed by atoms with Gasteiger partial charge in [0.05, 0.1) is 29.3 Å². The second-order valence-corrected chi connectivity index (χ2v) is 8.86. The molecule has 34 heavy (non-hydrogen) atoms. The number of furan rings is 1. The third-order valence-corrected chi connectivity index (χ3v) is 6.88. The lowest BCUT2D eigenvalue weighted by Gasteiger charge is -2.33. The lowest BCUT2D eigenvalue weighted by atomic mass is 9.98. The van der Waals surface area contributed by atoms with Crippen molar-refractivity contribution < 1.29 is 18.0 Å². The molecule has 4 heterocycles. The number of benzene rings is 2. The minimum absolute atomic E-state index is 0.0534. The van der Waals surface area contributed by atoms with E-state index in [0.717, 1.165) is 31.7 Å². The van der Waals surface area contributed by atoms with Crippen molar-refractivity contribution in [2.75, 3.05) is 19.6 Å². The average Bonchev–Trinajstić information content (AvgIpc) is 3.61. The molecule has 0 spiro atoms. The van der Waals surface area contributed by atoms with Gasteiger partial charge in [0.1, 0.15) is 17.2 Å². The molecule has 0 radical (unpaired) electrons. The largest absolute Gasteiger partial charge is 0.468 e. The molecule has 7 heteroatoms. The molecule has 6 nitrogen and oxygen atoms in total. The number of rotatable bonds is 5. The molecule has 1 amide bonds. The van der Waals surface area contributed by atoms with Crippen molar-refractivity contribution in [3.05, 3.63) is 106 Å². The van der Waals surface area contributed by atoms with Crippen molar-refractivity contribution in [3.8, 4) is 0 Å². The first kappa shape index (κ1) is 20.9. The predicted octanol–water partition coefficient (Wildman–Crippen LogP) is 4.91. The Morgan fingerprint density at radius 3 is 2.47 bits per heavy atom. The topological polar surface area (TPSA) is 66.9 Å². The number of amides is 1. The summed E-state index contributed by atoms with van der Waals surface area (Å²) in [6.45, 7) is 2.12. The normalized spacial score (nSPS) is 19.1. The zero-order valence-electron chi connectivity index (χ0n) is 18.4. The summed E-state index contributed by atoms with van der Waals surface area (Å²) < 4.78 is 25.5. The van der Waals surface area contributed by atoms with Crippen LogP contribution in [0, 0.1) is 5.82 Å². The fourth-order valence-electron chi connectivity index (χ4n) is 5.25. The molecule has 0 bridgehead atoms. The van der Waals surface area contributed by atoms with Gasteiger partial charge in [-0.3, -0.25) is 14.5 Å². The Balaban J connectivity index is 1.50. The average molecular weight is 458 g/mol. The smallest absolute Gasteiger partial charge is 0.290 e. The first-order chi connectivity index (χ1) is 16.6. The van der Waals surface area contributed by atoms with E-state index in [0.29, 0.717) is 28.6 Å². The van der Waals surface area contributed by atoms with Crippen molar-refractivity contribution in [1.29, 1.82) is 0 Å². The van der Waals surface area contributed by atoms with E-state index >= 15 is 0 Å². The summed E-state index contributed by atoms with van der Waals surface area (Å²) in [7, 11) is 0. The van der Waals surface area contributed by atoms with Crippen molar-refractivity contribution >= 4 is 16.9 Å². The molecule has 1 saturated heterocycles. The van der Waals surface area contributed by atoms with Crippen LogP contribution < -0.4 is 5.43 Å². The summed E-state index contributed by atoms with van der Waals surface area (Å²) in [5.41, 5.74) is 1.10. The van der Waals surface area contributed by atoms with Gasteiger partial charge >= 0.3 is 0 Å². The Labute approximate surface area is 195 Å². The van der Waals surface area contributed by atoms with Crippen LogP contribution in [0.5, 0.6) is 0 Å². The number of carbonyl (C=O) groups is 1. The van der Waals surface area contributed by atoms with Crippen LogP contribution >= 0.6 is 0 Å². The van der Waals surface area contributed by atoms with Gasteiger partial charge in [-0.05, 0) is 67.9 Å². The maximum atomic E-state index is 13.8. The molecule has 0 unspecified atom stereocenters. The quantitative estimate of drug-likeness (QED) is 0.425. The highest BCUT2D eigenvalue weighted by molar-refractivity contribution is 5.99. The van der Waals surface area contributed by atoms with Gasteiger partial charge in [0.15, 0.2) is 5.43 Å². The van der Waals surface area contributed by atoms with Gasteiger partial charge in [-0.25, -0.2) is 4.39 Å². The van der Waals surface area contributed by atoms with Crippen molar-refractivity contribution in [3.63, 3.8) is 0 Å². The lowest BCUT2D eigenvalue weighted by Crippen LogP contribution is -2.39. The summed E-state index contributed by atoms with van der Waals surface area (Å²) in [4.78, 5) is 31.3. The summed E-state index contributed by atoms with van der Waals surface area (Å²) in [6.07, 6.45) is 3.80. The maximum Gasteiger partial charge on any atom is 0.290 e. The molecule has 2 aromatic carbocycles. The van der Waals surface area contributed by atoms with E-state index in [1.54, 1.807) is 47.6 Å². The number of para-hydroxylation sites is 1. The molecule has 2 atom stereocenters. The molecule has 172 valence electrons. The lowest BCUT2D eigenvalue weighted by molar-refractivity contribution is 0.0643. The molecule has 0 saturated carbocycles. The highest BCUT2D eigenvalue weighted by atomic mass is 19.1. The van der Waals surface area contributed by atoms with Gasteiger partial charge in [0.25, 0.3) is 5.91 Å². The number of nitrogens with zero attached hydrogens (tertiary/aromatic N) is 2. The standard InChI is InChI=1S/C27H23FN2O4/c28-18-11-9-17(10-12-18)24-23-25(31)19-6-1-2-7-21(19)34-26(23)27(32)30(24)16-20(22-8-5-15-33-22)29-13-3-4-14-29/h1-2,5-12,15,20,24H,3-4,13-14,16H2/t20-,24+/m0/s1. The van der Waals surface area contributed by atoms with Gasteiger partial charge in [0.2, 0.25) is 5.76 Å². The van der Waals surface area contributed by atoms with Crippen LogP contribution in [-0.2, 0) is 0 Å². The minimum atomic E-state index is -0.677. The van der Waals surface area contributed by atoms with Crippen LogP contribution in [0.2, 0.25) is 0 Å². The molecule has 1 fully saturated rings. The zero-order chi connectivity index (χ0) is 23.2. The van der Waals surface area contributed by atoms with Gasteiger partial charge in [0, 0.05) is 6.54 Å². The van der Waals surface area contributed by atoms with Crippen LogP contribution in [0.15, 0.2) is 80.6 Å². The van der Waals surface area contributed by atoms with E-state index in [2.05, 4.69) is 4.90 Å². The van der Waals surface area contributed by atoms with Gasteiger partial charge < -0.3 is 13.7 Å². The summed E-state index contributed by atoms with van der Waals surface area (Å²) in [5.74, 6) is 0.101. The molecule has 2 aliphatic rings. The number of fused-ring (bicyclic) bond motifs is 2. The monoisotopic (exact) mass is 458 g/mol. The van der Waals surface area contributed by atoms with Gasteiger partial charge in [-0.15, -0.1) is 0 Å². The van der Waals surface area contributed by atoms with Crippen LogP contribution in [0.25, 0.3) is 11.0 Å². The van der Waals surface area contributed by atoms with Crippen LogP contribution in [-0.4, -0.2) is 35.3 Å². The van der Waals surface area contributed by atoms with Crippen molar-refractivity contribution in [2.24, 2.45) is 0 Å². The van der Waals surface area contributed by atoms with E-state index in [4.69, 9.17) is 8.83 Å². The first-order valence-electron chi connectivity index (χ1n) is 11.5. The fraction of sp³-hybridized carbons (Fsp3) is 0.259. The van der Waals surface area contributed by atoms with E-state index in [1.807, 2.05) is 12.1 Å². The van der Waals surface area contributed by atoms with E-state index in [1.165, 1.54) is 12.1 Å². The summed E-state index contributed by atoms with van der Waals surface area (Å²) in [6, 6.07) is 15.8. The SMILES string of the molecule is O=C1c2oc3ccccc3c(=O)c2[C@@H](c2ccc(F)cc2)N1C[C@@H](c1ccco1)N1CCCC1. The molecule has 4 aromatic rings. The fourth-order valence-corrected chi connectivity index (χ4v) is 5.25. The minimum Gasteiger partial charge on any atom is -0.468 e. The number of halogens is 1. The Bertz CT molecular complexity index is 1410. The van der Waals surface area contributed by atoms with E-state index in [-0.39, 0.29) is 29.0 Å². The second kappa shape index (κ2) is 8.25. The third kappa shape index (κ3) is 3.35. The highest BCUT2D eigenvalue weighted by Gasteiger charge is 2.44. The Hall–Kier alpha value is -3.71. The molecular formula is C27H23FN2O4. The number of carbonyl (C=O) groups excluding carboxylic acids is 1. The predicted molar refractivity (Wildman–Crippen MR) is 124 cm³/mol. The molecule has 2 aromatic heterocycles. The number of hydrogen-bond acceptors (Lipinski definition) is 5. The van der Waals surface area contributed by atoms with Crippen molar-refractivity contribution in [2.45, 2.75) is 24.9 Å². The highest BCUT2D eigenvalue weighted by Crippen LogP contribution is 2.40. The van der Waals surface area contributed by atoms with E-state index < -0.39 is 6.04 Å². The van der Waals surface area contributed by atoms with Crippen LogP contribution in [0.1, 0.15) is 52.4 Å². The first-order valence-corrected chi connectivity index (χ1v) is 11.5. The van der Waals surface area contributed by atoms with Crippen molar-refractivity contribution in [1.82, 2.24) is 9.80 Å². The summed E-state index contributed by atoms with van der Waals surface area (Å²) >= 11 is 0. The zero-order valence-corrected chi connectivity index (χ0v) is 18.4. The Kier molecular flexibility index (Phi) is 5.07. The molecule has 2 aliphatic heterocycles. The van der Waals surface area contributed by atoms with Gasteiger partial charge in [-0.1, -0.05) is 24.3 Å². The molecular weight excluding hydrogens is 435 g/mol. The molecule has 6 rings (SSSR count). The third-order valence-electron chi connectivity index (χ3n) is 6.88. The number of hydrogen-bond donors (Lipinski definition) is 0. The summed E-state index contributed by atoms with van der Waals surface area (Å²) in [5, 5.41) is 0.421. The second-order valence-electron chi connectivity index (χ2n) is 8.86. The Morgan fingerprint density at radius 2 is 1.74 bits per heavy atom. The number of likely N-dealkylation sites (tertiary alicyclic amines) is 1. The van der Waals surface area contributed by atoms with Crippen LogP contribution in [0.3, 0.4) is 0 Å². The molecule has 0 N–H and O–H groups in total. The van der Waals surface area contributed by atoms with Crippen LogP contribution in [0.4, 0.5) is 4.39 Å². The van der Waals surface area contributed by atoms with E-state index in [9.17, 15) is 14.0 Å². The molecule has 0 aliphatic carbocycles. The van der Waals surface area contributed by atoms with Gasteiger partial charge in [-0.2, -0.15) is 0 Å². The maximum absolute atomic E-state index is 13.8.